The van der Waals surface area contributed by atoms with E-state index in [4.69, 9.17) is 4.74 Å². The molecule has 2 aromatic carbocycles. The van der Waals surface area contributed by atoms with Crippen molar-refractivity contribution in [2.24, 2.45) is 4.99 Å². The lowest BCUT2D eigenvalue weighted by atomic mass is 10.2. The highest BCUT2D eigenvalue weighted by molar-refractivity contribution is 5.82. The number of rotatable bonds is 6. The molecule has 20 heavy (non-hydrogen) atoms. The smallest absolute Gasteiger partial charge is 0.123 e. The normalized spacial score (nSPS) is 10.9. The van der Waals surface area contributed by atoms with Crippen molar-refractivity contribution in [1.82, 2.24) is 0 Å². The Hall–Kier alpha value is -2.16. The summed E-state index contributed by atoms with van der Waals surface area (Å²) in [5.41, 5.74) is 1.71. The first-order valence-corrected chi connectivity index (χ1v) is 6.80. The van der Waals surface area contributed by atoms with Crippen LogP contribution in [0.4, 0.5) is 10.1 Å². The van der Waals surface area contributed by atoms with Gasteiger partial charge in [0.2, 0.25) is 0 Å². The zero-order valence-corrected chi connectivity index (χ0v) is 11.6. The van der Waals surface area contributed by atoms with Gasteiger partial charge in [0.1, 0.15) is 11.6 Å². The van der Waals surface area contributed by atoms with Gasteiger partial charge < -0.3 is 4.74 Å². The largest absolute Gasteiger partial charge is 0.494 e. The van der Waals surface area contributed by atoms with Crippen molar-refractivity contribution in [3.8, 4) is 5.75 Å². The lowest BCUT2D eigenvalue weighted by Gasteiger charge is -2.04. The molecule has 2 rings (SSSR count). The summed E-state index contributed by atoms with van der Waals surface area (Å²) in [5.74, 6) is 0.620. The van der Waals surface area contributed by atoms with Gasteiger partial charge in [-0.15, -0.1) is 0 Å². The van der Waals surface area contributed by atoms with E-state index in [2.05, 4.69) is 11.9 Å². The van der Waals surface area contributed by atoms with Gasteiger partial charge in [0.05, 0.1) is 12.3 Å². The van der Waals surface area contributed by atoms with Crippen LogP contribution < -0.4 is 4.74 Å². The second-order valence-electron chi connectivity index (χ2n) is 4.51. The highest BCUT2D eigenvalue weighted by atomic mass is 19.1. The maximum Gasteiger partial charge on any atom is 0.123 e. The summed E-state index contributed by atoms with van der Waals surface area (Å²) in [4.78, 5) is 4.29. The Morgan fingerprint density at radius 2 is 1.75 bits per heavy atom. The van der Waals surface area contributed by atoms with Gasteiger partial charge >= 0.3 is 0 Å². The van der Waals surface area contributed by atoms with Crippen molar-refractivity contribution in [3.05, 3.63) is 59.9 Å². The van der Waals surface area contributed by atoms with Crippen LogP contribution in [0.15, 0.2) is 53.5 Å². The van der Waals surface area contributed by atoms with Gasteiger partial charge in [0.25, 0.3) is 0 Å². The van der Waals surface area contributed by atoms with Crippen molar-refractivity contribution < 1.29 is 9.13 Å². The van der Waals surface area contributed by atoms with Crippen LogP contribution in [-0.4, -0.2) is 12.8 Å². The van der Waals surface area contributed by atoms with Crippen molar-refractivity contribution >= 4 is 11.9 Å². The molecule has 0 atom stereocenters. The lowest BCUT2D eigenvalue weighted by molar-refractivity contribution is 0.309. The first-order chi connectivity index (χ1) is 9.78. The van der Waals surface area contributed by atoms with Crippen LogP contribution in [0.5, 0.6) is 5.75 Å². The molecule has 0 amide bonds. The summed E-state index contributed by atoms with van der Waals surface area (Å²) >= 11 is 0. The fraction of sp³-hybridized carbons (Fsp3) is 0.235. The predicted molar refractivity (Wildman–Crippen MR) is 80.5 cm³/mol. The molecule has 0 fully saturated rings. The first-order valence-electron chi connectivity index (χ1n) is 6.80. The van der Waals surface area contributed by atoms with Crippen molar-refractivity contribution in [2.75, 3.05) is 6.61 Å². The molecule has 0 unspecified atom stereocenters. The second-order valence-corrected chi connectivity index (χ2v) is 4.51. The van der Waals surface area contributed by atoms with Crippen LogP contribution >= 0.6 is 0 Å². The summed E-state index contributed by atoms with van der Waals surface area (Å²) in [5, 5.41) is 0. The maximum absolute atomic E-state index is 12.8. The van der Waals surface area contributed by atoms with Gasteiger partial charge in [-0.2, -0.15) is 0 Å². The van der Waals surface area contributed by atoms with E-state index in [1.807, 2.05) is 24.3 Å². The molecule has 0 aromatic heterocycles. The van der Waals surface area contributed by atoms with Gasteiger partial charge in [-0.3, -0.25) is 4.99 Å². The minimum absolute atomic E-state index is 0.252. The molecule has 0 heterocycles. The van der Waals surface area contributed by atoms with Crippen molar-refractivity contribution in [3.63, 3.8) is 0 Å². The summed E-state index contributed by atoms with van der Waals surface area (Å²) in [6.07, 6.45) is 3.94. The van der Waals surface area contributed by atoms with E-state index < -0.39 is 0 Å². The number of hydrogen-bond acceptors (Lipinski definition) is 2. The van der Waals surface area contributed by atoms with Crippen LogP contribution in [0.2, 0.25) is 0 Å². The van der Waals surface area contributed by atoms with E-state index in [0.717, 1.165) is 36.4 Å². The molecule has 0 bridgehead atoms. The zero-order valence-electron chi connectivity index (χ0n) is 11.6. The average molecular weight is 271 g/mol. The number of unbranched alkanes of at least 4 members (excludes halogenated alkanes) is 1. The predicted octanol–water partition coefficient (Wildman–Crippen LogP) is 4.76. The standard InChI is InChI=1S/C17H18FNO/c1-2-3-12-20-17-10-4-14(5-11-17)13-19-16-8-6-15(18)7-9-16/h4-11,13H,2-3,12H2,1H3/b19-13+. The molecule has 104 valence electrons. The molecular weight excluding hydrogens is 253 g/mol. The lowest BCUT2D eigenvalue weighted by Crippen LogP contribution is -1.96. The van der Waals surface area contributed by atoms with E-state index in [1.54, 1.807) is 18.3 Å². The third-order valence-corrected chi connectivity index (χ3v) is 2.84. The summed E-state index contributed by atoms with van der Waals surface area (Å²) < 4.78 is 18.3. The van der Waals surface area contributed by atoms with Gasteiger partial charge in [-0.25, -0.2) is 4.39 Å². The van der Waals surface area contributed by atoms with Crippen LogP contribution in [0.1, 0.15) is 25.3 Å². The Morgan fingerprint density at radius 3 is 2.40 bits per heavy atom. The summed E-state index contributed by atoms with van der Waals surface area (Å²) in [6, 6.07) is 13.9. The third kappa shape index (κ3) is 4.50. The number of hydrogen-bond donors (Lipinski definition) is 0. The molecule has 3 heteroatoms. The molecule has 2 nitrogen and oxygen atoms in total. The SMILES string of the molecule is CCCCOc1ccc(/C=N/c2ccc(F)cc2)cc1. The summed E-state index contributed by atoms with van der Waals surface area (Å²) in [7, 11) is 0. The number of ether oxygens (including phenoxy) is 1. The fourth-order valence-electron chi connectivity index (χ4n) is 1.66. The molecule has 2 aromatic rings. The van der Waals surface area contributed by atoms with E-state index >= 15 is 0 Å². The zero-order chi connectivity index (χ0) is 14.2. The molecule has 0 spiro atoms. The number of aliphatic imine (C=N–C) groups is 1. The third-order valence-electron chi connectivity index (χ3n) is 2.84. The highest BCUT2D eigenvalue weighted by Gasteiger charge is 1.94. The van der Waals surface area contributed by atoms with Gasteiger partial charge in [-0.1, -0.05) is 13.3 Å². The number of halogens is 1. The van der Waals surface area contributed by atoms with Crippen molar-refractivity contribution in [1.29, 1.82) is 0 Å². The fourth-order valence-corrected chi connectivity index (χ4v) is 1.66. The van der Waals surface area contributed by atoms with Crippen LogP contribution in [0, 0.1) is 5.82 Å². The van der Waals surface area contributed by atoms with Crippen molar-refractivity contribution in [2.45, 2.75) is 19.8 Å². The average Bonchev–Trinajstić information content (AvgIpc) is 2.48. The topological polar surface area (TPSA) is 21.6 Å². The highest BCUT2D eigenvalue weighted by Crippen LogP contribution is 2.14. The Labute approximate surface area is 118 Å². The van der Waals surface area contributed by atoms with Crippen LogP contribution in [0.3, 0.4) is 0 Å². The Bertz CT molecular complexity index is 546. The van der Waals surface area contributed by atoms with E-state index in [1.165, 1.54) is 12.1 Å². The van der Waals surface area contributed by atoms with E-state index in [-0.39, 0.29) is 5.82 Å². The van der Waals surface area contributed by atoms with E-state index in [0.29, 0.717) is 0 Å². The molecule has 0 aliphatic rings. The minimum Gasteiger partial charge on any atom is -0.494 e. The maximum atomic E-state index is 12.8. The monoisotopic (exact) mass is 271 g/mol. The van der Waals surface area contributed by atoms with Gasteiger partial charge in [0.15, 0.2) is 0 Å². The van der Waals surface area contributed by atoms with Gasteiger partial charge in [-0.05, 0) is 60.5 Å². The molecule has 0 aliphatic heterocycles. The number of benzene rings is 2. The summed E-state index contributed by atoms with van der Waals surface area (Å²) in [6.45, 7) is 2.89. The first kappa shape index (κ1) is 14.3. The Kier molecular flexibility index (Phi) is 5.30. The second kappa shape index (κ2) is 7.43. The van der Waals surface area contributed by atoms with E-state index in [9.17, 15) is 4.39 Å². The van der Waals surface area contributed by atoms with Crippen LogP contribution in [0.25, 0.3) is 0 Å². The molecule has 0 saturated carbocycles. The molecule has 0 N–H and O–H groups in total. The molecule has 0 radical (unpaired) electrons. The minimum atomic E-state index is -0.252. The molecular formula is C17H18FNO. The van der Waals surface area contributed by atoms with Gasteiger partial charge in [0, 0.05) is 6.21 Å². The molecule has 0 aliphatic carbocycles. The quantitative estimate of drug-likeness (QED) is 0.548. The Balaban J connectivity index is 1.94. The number of nitrogens with zero attached hydrogens (tertiary/aromatic N) is 1. The Morgan fingerprint density at radius 1 is 1.05 bits per heavy atom. The molecule has 0 saturated heterocycles. The van der Waals surface area contributed by atoms with Crippen LogP contribution in [-0.2, 0) is 0 Å².